The van der Waals surface area contributed by atoms with Crippen LogP contribution in [0, 0.1) is 5.92 Å². The van der Waals surface area contributed by atoms with Crippen LogP contribution in [0.25, 0.3) is 11.4 Å². The first-order valence-corrected chi connectivity index (χ1v) is 11.7. The SMILES string of the molecule is O=C(NCCOc1ccccc1Cl)C1CCN(Cc2nc(-c3cccc(Br)c3)no2)CC1. The lowest BCUT2D eigenvalue weighted by atomic mass is 9.96. The zero-order valence-corrected chi connectivity index (χ0v) is 19.8. The Hall–Kier alpha value is -2.42. The zero-order valence-electron chi connectivity index (χ0n) is 17.5. The summed E-state index contributed by atoms with van der Waals surface area (Å²) in [5.74, 6) is 1.86. The van der Waals surface area contributed by atoms with Gasteiger partial charge in [0, 0.05) is 16.0 Å². The summed E-state index contributed by atoms with van der Waals surface area (Å²) in [6, 6.07) is 15.1. The molecule has 2 aromatic carbocycles. The van der Waals surface area contributed by atoms with E-state index in [0.717, 1.165) is 36.0 Å². The van der Waals surface area contributed by atoms with Gasteiger partial charge in [-0.25, -0.2) is 0 Å². The molecule has 168 valence electrons. The average molecular weight is 520 g/mol. The van der Waals surface area contributed by atoms with E-state index in [4.69, 9.17) is 20.9 Å². The molecule has 3 aromatic rings. The fourth-order valence-corrected chi connectivity index (χ4v) is 4.24. The van der Waals surface area contributed by atoms with Crippen molar-refractivity contribution < 1.29 is 14.1 Å². The molecule has 0 radical (unpaired) electrons. The number of rotatable bonds is 8. The number of para-hydroxylation sites is 1. The fourth-order valence-electron chi connectivity index (χ4n) is 3.65. The summed E-state index contributed by atoms with van der Waals surface area (Å²) in [6.45, 7) is 3.03. The average Bonchev–Trinajstić information content (AvgIpc) is 3.27. The molecule has 7 nitrogen and oxygen atoms in total. The van der Waals surface area contributed by atoms with Gasteiger partial charge in [0.1, 0.15) is 12.4 Å². The van der Waals surface area contributed by atoms with Crippen molar-refractivity contribution in [2.24, 2.45) is 5.92 Å². The van der Waals surface area contributed by atoms with Crippen LogP contribution >= 0.6 is 27.5 Å². The maximum atomic E-state index is 12.5. The summed E-state index contributed by atoms with van der Waals surface area (Å²) in [5, 5.41) is 7.62. The highest BCUT2D eigenvalue weighted by Gasteiger charge is 2.25. The first-order valence-electron chi connectivity index (χ1n) is 10.5. The molecular formula is C23H24BrClN4O3. The van der Waals surface area contributed by atoms with Gasteiger partial charge in [0.25, 0.3) is 0 Å². The number of carbonyl (C=O) groups excluding carboxylic acids is 1. The summed E-state index contributed by atoms with van der Waals surface area (Å²) in [5.41, 5.74) is 0.906. The summed E-state index contributed by atoms with van der Waals surface area (Å²) in [7, 11) is 0. The van der Waals surface area contributed by atoms with Gasteiger partial charge in [-0.3, -0.25) is 9.69 Å². The number of halogens is 2. The van der Waals surface area contributed by atoms with E-state index in [0.29, 0.717) is 42.2 Å². The third-order valence-electron chi connectivity index (χ3n) is 5.36. The first-order chi connectivity index (χ1) is 15.6. The molecule has 1 aliphatic heterocycles. The second-order valence-corrected chi connectivity index (χ2v) is 8.97. The monoisotopic (exact) mass is 518 g/mol. The summed E-state index contributed by atoms with van der Waals surface area (Å²) >= 11 is 9.52. The molecule has 0 bridgehead atoms. The Bertz CT molecular complexity index is 1050. The van der Waals surface area contributed by atoms with Gasteiger partial charge in [-0.15, -0.1) is 0 Å². The molecule has 9 heteroatoms. The molecule has 0 unspecified atom stereocenters. The highest BCUT2D eigenvalue weighted by Crippen LogP contribution is 2.24. The Morgan fingerprint density at radius 3 is 2.81 bits per heavy atom. The van der Waals surface area contributed by atoms with Crippen LogP contribution in [0.3, 0.4) is 0 Å². The van der Waals surface area contributed by atoms with Gasteiger partial charge >= 0.3 is 0 Å². The van der Waals surface area contributed by atoms with E-state index in [9.17, 15) is 4.79 Å². The minimum absolute atomic E-state index is 0.00600. The lowest BCUT2D eigenvalue weighted by Crippen LogP contribution is -2.41. The summed E-state index contributed by atoms with van der Waals surface area (Å²) in [6.07, 6.45) is 1.59. The number of carbonyl (C=O) groups is 1. The molecule has 32 heavy (non-hydrogen) atoms. The Morgan fingerprint density at radius 2 is 2.03 bits per heavy atom. The van der Waals surface area contributed by atoms with Crippen LogP contribution in [-0.2, 0) is 11.3 Å². The van der Waals surface area contributed by atoms with Crippen LogP contribution in [0.1, 0.15) is 18.7 Å². The molecule has 1 aliphatic rings. The number of hydrogen-bond acceptors (Lipinski definition) is 6. The number of hydrogen-bond donors (Lipinski definition) is 1. The third kappa shape index (κ3) is 6.09. The number of piperidine rings is 1. The third-order valence-corrected chi connectivity index (χ3v) is 6.17. The van der Waals surface area contributed by atoms with Crippen LogP contribution in [0.2, 0.25) is 5.02 Å². The second kappa shape index (κ2) is 10.9. The minimum atomic E-state index is 0.00600. The molecule has 2 heterocycles. The molecule has 1 N–H and O–H groups in total. The Morgan fingerprint density at radius 1 is 1.22 bits per heavy atom. The molecule has 1 fully saturated rings. The first kappa shape index (κ1) is 22.8. The van der Waals surface area contributed by atoms with Crippen LogP contribution in [0.4, 0.5) is 0 Å². The van der Waals surface area contributed by atoms with Crippen LogP contribution in [0.5, 0.6) is 5.75 Å². The lowest BCUT2D eigenvalue weighted by molar-refractivity contribution is -0.126. The van der Waals surface area contributed by atoms with Gasteiger partial charge < -0.3 is 14.6 Å². The molecule has 0 atom stereocenters. The Balaban J connectivity index is 1.18. The predicted octanol–water partition coefficient (Wildman–Crippen LogP) is 4.56. The van der Waals surface area contributed by atoms with Crippen molar-refractivity contribution in [2.75, 3.05) is 26.2 Å². The van der Waals surface area contributed by atoms with Gasteiger partial charge in [0.2, 0.25) is 17.6 Å². The maximum Gasteiger partial charge on any atom is 0.241 e. The highest BCUT2D eigenvalue weighted by molar-refractivity contribution is 9.10. The van der Waals surface area contributed by atoms with Crippen LogP contribution in [0.15, 0.2) is 57.5 Å². The number of amides is 1. The van der Waals surface area contributed by atoms with E-state index in [1.165, 1.54) is 0 Å². The number of aromatic nitrogens is 2. The number of nitrogens with one attached hydrogen (secondary N) is 1. The molecule has 1 amide bonds. The van der Waals surface area contributed by atoms with Gasteiger partial charge in [0.05, 0.1) is 18.1 Å². The number of likely N-dealkylation sites (tertiary alicyclic amines) is 1. The van der Waals surface area contributed by atoms with Crippen LogP contribution < -0.4 is 10.1 Å². The molecule has 0 saturated carbocycles. The van der Waals surface area contributed by atoms with Crippen molar-refractivity contribution in [1.82, 2.24) is 20.4 Å². The predicted molar refractivity (Wildman–Crippen MR) is 125 cm³/mol. The van der Waals surface area contributed by atoms with Crippen molar-refractivity contribution in [2.45, 2.75) is 19.4 Å². The second-order valence-electron chi connectivity index (χ2n) is 7.64. The molecular weight excluding hydrogens is 496 g/mol. The molecule has 0 aliphatic carbocycles. The van der Waals surface area contributed by atoms with Gasteiger partial charge in [0.15, 0.2) is 0 Å². The maximum absolute atomic E-state index is 12.5. The fraction of sp³-hybridized carbons (Fsp3) is 0.348. The Labute approximate surface area is 200 Å². The van der Waals surface area contributed by atoms with Crippen molar-refractivity contribution in [3.05, 3.63) is 63.9 Å². The largest absolute Gasteiger partial charge is 0.490 e. The molecule has 1 saturated heterocycles. The van der Waals surface area contributed by atoms with E-state index >= 15 is 0 Å². The van der Waals surface area contributed by atoms with Gasteiger partial charge in [-0.1, -0.05) is 57.0 Å². The molecule has 1 aromatic heterocycles. The van der Waals surface area contributed by atoms with Crippen molar-refractivity contribution in [3.8, 4) is 17.1 Å². The van der Waals surface area contributed by atoms with Crippen LogP contribution in [-0.4, -0.2) is 47.2 Å². The van der Waals surface area contributed by atoms with Gasteiger partial charge in [-0.05, 0) is 50.2 Å². The van der Waals surface area contributed by atoms with E-state index in [1.54, 1.807) is 6.07 Å². The lowest BCUT2D eigenvalue weighted by Gasteiger charge is -2.30. The van der Waals surface area contributed by atoms with Gasteiger partial charge in [-0.2, -0.15) is 4.98 Å². The van der Waals surface area contributed by atoms with E-state index in [1.807, 2.05) is 42.5 Å². The van der Waals surface area contributed by atoms with Crippen molar-refractivity contribution >= 4 is 33.4 Å². The summed E-state index contributed by atoms with van der Waals surface area (Å²) in [4.78, 5) is 19.2. The van der Waals surface area contributed by atoms with E-state index in [-0.39, 0.29) is 11.8 Å². The Kier molecular flexibility index (Phi) is 7.78. The van der Waals surface area contributed by atoms with Crippen molar-refractivity contribution in [3.63, 3.8) is 0 Å². The highest BCUT2D eigenvalue weighted by atomic mass is 79.9. The standard InChI is InChI=1S/C23H24BrClN4O3/c24-18-5-3-4-17(14-18)22-27-21(32-28-22)15-29-11-8-16(9-12-29)23(30)26-10-13-31-20-7-2-1-6-19(20)25/h1-7,14,16H,8-13,15H2,(H,26,30). The number of nitrogens with zero attached hydrogens (tertiary/aromatic N) is 3. The van der Waals surface area contributed by atoms with E-state index in [2.05, 4.69) is 36.3 Å². The molecule has 4 rings (SSSR count). The number of ether oxygens (including phenoxy) is 1. The normalized spacial score (nSPS) is 14.9. The van der Waals surface area contributed by atoms with Crippen molar-refractivity contribution in [1.29, 1.82) is 0 Å². The smallest absolute Gasteiger partial charge is 0.241 e. The number of benzene rings is 2. The molecule has 0 spiro atoms. The quantitative estimate of drug-likeness (QED) is 0.440. The van der Waals surface area contributed by atoms with E-state index < -0.39 is 0 Å². The topological polar surface area (TPSA) is 80.5 Å². The zero-order chi connectivity index (χ0) is 22.3. The minimum Gasteiger partial charge on any atom is -0.490 e. The summed E-state index contributed by atoms with van der Waals surface area (Å²) < 4.78 is 12.0.